The molecule has 8 bridgehead atoms. The molecule has 0 spiro atoms. The summed E-state index contributed by atoms with van der Waals surface area (Å²) in [6.45, 7) is 30.8. The second-order valence-corrected chi connectivity index (χ2v) is 27.2. The van der Waals surface area contributed by atoms with Gasteiger partial charge in [0.2, 0.25) is 0 Å². The molecule has 0 fully saturated rings. The molecule has 0 amide bonds. The maximum atomic E-state index is 6.57. The number of ether oxygens (including phenoxy) is 4. The lowest BCUT2D eigenvalue weighted by atomic mass is 9.96. The normalized spacial score (nSPS) is 12.8. The molecule has 0 radical (unpaired) electrons. The summed E-state index contributed by atoms with van der Waals surface area (Å²) >= 11 is 0. The van der Waals surface area contributed by atoms with E-state index in [4.69, 9.17) is 43.9 Å². The number of H-pyrrole nitrogens is 2. The maximum Gasteiger partial charge on any atom is 0.164 e. The number of rotatable bonds is 22. The van der Waals surface area contributed by atoms with Gasteiger partial charge in [0.1, 0.15) is 39.9 Å². The molecule has 0 aliphatic carbocycles. The highest BCUT2D eigenvalue weighted by Gasteiger charge is 2.27. The van der Waals surface area contributed by atoms with Crippen molar-refractivity contribution in [2.45, 2.75) is 180 Å². The van der Waals surface area contributed by atoms with Crippen molar-refractivity contribution >= 4 is 44.0 Å². The van der Waals surface area contributed by atoms with Gasteiger partial charge in [-0.1, -0.05) is 167 Å². The fourth-order valence-corrected chi connectivity index (χ4v) is 10.2. The molecule has 5 heterocycles. The molecule has 420 valence electrons. The van der Waals surface area contributed by atoms with Crippen LogP contribution in [0.2, 0.25) is 0 Å². The molecular weight excluding hydrogens is 979 g/mol. The van der Waals surface area contributed by atoms with Crippen LogP contribution in [0.5, 0.6) is 23.0 Å². The highest BCUT2D eigenvalue weighted by atomic mass is 16.5. The van der Waals surface area contributed by atoms with Crippen molar-refractivity contribution in [3.05, 3.63) is 78.4 Å². The van der Waals surface area contributed by atoms with E-state index in [1.807, 2.05) is 18.2 Å². The van der Waals surface area contributed by atoms with Gasteiger partial charge in [-0.05, 0) is 107 Å². The van der Waals surface area contributed by atoms with Crippen LogP contribution < -0.4 is 18.9 Å². The van der Waals surface area contributed by atoms with Gasteiger partial charge in [0.05, 0.1) is 37.6 Å². The molecule has 2 aliphatic rings. The van der Waals surface area contributed by atoms with Crippen molar-refractivity contribution in [3.63, 3.8) is 0 Å². The number of aromatic nitrogens is 7. The molecule has 4 aromatic carbocycles. The number of benzene rings is 4. The van der Waals surface area contributed by atoms with Gasteiger partial charge in [-0.2, -0.15) is 0 Å². The number of hydrogen-bond donors (Lipinski definition) is 2. The molecule has 11 nitrogen and oxygen atoms in total. The molecule has 11 heteroatoms. The molecule has 0 atom stereocenters. The Balaban J connectivity index is 1.27. The van der Waals surface area contributed by atoms with Gasteiger partial charge in [0.25, 0.3) is 0 Å². The van der Waals surface area contributed by atoms with E-state index in [1.54, 1.807) is 0 Å². The van der Waals surface area contributed by atoms with Crippen LogP contribution in [0.25, 0.3) is 89.4 Å². The van der Waals surface area contributed by atoms with Crippen LogP contribution in [0.4, 0.5) is 0 Å². The molecule has 0 unspecified atom stereocenters. The Morgan fingerprint density at radius 3 is 1.24 bits per heavy atom. The topological polar surface area (TPSA) is 133 Å². The minimum atomic E-state index is -0.0373. The van der Waals surface area contributed by atoms with Gasteiger partial charge in [0, 0.05) is 49.4 Å². The number of fused-ring (bicyclic) bond motifs is 20. The quantitative estimate of drug-likeness (QED) is 0.0637. The van der Waals surface area contributed by atoms with E-state index in [0.29, 0.717) is 60.8 Å². The van der Waals surface area contributed by atoms with Gasteiger partial charge >= 0.3 is 0 Å². The van der Waals surface area contributed by atoms with E-state index < -0.39 is 0 Å². The molecule has 0 saturated carbocycles. The molecule has 0 saturated heterocycles. The number of nitrogens with zero attached hydrogens (tertiary/aromatic N) is 5. The smallest absolute Gasteiger partial charge is 0.164 e. The van der Waals surface area contributed by atoms with E-state index in [-0.39, 0.29) is 21.7 Å². The van der Waals surface area contributed by atoms with Crippen LogP contribution in [0.15, 0.2) is 72.8 Å². The number of aromatic amines is 2. The van der Waals surface area contributed by atoms with Crippen molar-refractivity contribution < 1.29 is 18.9 Å². The van der Waals surface area contributed by atoms with E-state index in [9.17, 15) is 0 Å². The van der Waals surface area contributed by atoms with Crippen LogP contribution in [0, 0.1) is 21.7 Å². The van der Waals surface area contributed by atoms with Crippen LogP contribution in [0.1, 0.15) is 179 Å². The van der Waals surface area contributed by atoms with Crippen LogP contribution in [-0.4, -0.2) is 61.3 Å². The second kappa shape index (κ2) is 24.1. The van der Waals surface area contributed by atoms with Gasteiger partial charge in [-0.25, -0.2) is 24.9 Å². The summed E-state index contributed by atoms with van der Waals surface area (Å²) in [5, 5.41) is 3.72. The standard InChI is InChI=1S/C68H89N7O4/c1-14-15-16-17-18-19-20-21-22-23-24-25-26-27-52-57-48-32-28-45(77-41-66(5,6)7)37-54(48)62(69-57)72-60-50-34-30-47(79-43-68(11,12)13)39-56(50)64(73-60)75-61-51-35-31-46(78-42-67(8,9)10)38-55(51)63(74-61)71-59-49-33-29-44(76-40-65(2,3)4)36-53(49)58(52)70-59/h28-39H,14-27,40-43H2,1-13H3,(H2,69,70,71,72,73,74,75). The third-order valence-electron chi connectivity index (χ3n) is 14.3. The van der Waals surface area contributed by atoms with E-state index in [2.05, 4.69) is 155 Å². The summed E-state index contributed by atoms with van der Waals surface area (Å²) in [6, 6.07) is 25.0. The Labute approximate surface area is 470 Å². The summed E-state index contributed by atoms with van der Waals surface area (Å²) in [7, 11) is 0. The number of unbranched alkanes of at least 4 members (excludes halogenated alkanes) is 12. The van der Waals surface area contributed by atoms with Crippen molar-refractivity contribution in [2.24, 2.45) is 21.7 Å². The summed E-state index contributed by atoms with van der Waals surface area (Å²) in [5.41, 5.74) is 8.36. The number of aryl methyl sites for hydroxylation is 1. The Morgan fingerprint density at radius 1 is 0.354 bits per heavy atom. The first-order chi connectivity index (χ1) is 37.6. The summed E-state index contributed by atoms with van der Waals surface area (Å²) in [6.07, 6.45) is 17.5. The lowest BCUT2D eigenvalue weighted by molar-refractivity contribution is 0.198. The maximum absolute atomic E-state index is 6.57. The lowest BCUT2D eigenvalue weighted by Gasteiger charge is -2.19. The molecular formula is C68H89N7O4. The van der Waals surface area contributed by atoms with Crippen molar-refractivity contribution in [2.75, 3.05) is 26.4 Å². The highest BCUT2D eigenvalue weighted by Crippen LogP contribution is 2.44. The van der Waals surface area contributed by atoms with Gasteiger partial charge < -0.3 is 28.9 Å². The van der Waals surface area contributed by atoms with Gasteiger partial charge in [-0.3, -0.25) is 0 Å². The molecule has 7 aromatic rings. The third-order valence-corrected chi connectivity index (χ3v) is 14.3. The molecule has 3 aromatic heterocycles. The zero-order valence-electron chi connectivity index (χ0n) is 50.0. The average molecular weight is 1070 g/mol. The monoisotopic (exact) mass is 1070 g/mol. The summed E-state index contributed by atoms with van der Waals surface area (Å²) in [5.74, 6) is 4.76. The zero-order chi connectivity index (χ0) is 56.1. The summed E-state index contributed by atoms with van der Waals surface area (Å²) in [4.78, 5) is 34.9. The predicted octanol–water partition coefficient (Wildman–Crippen LogP) is 18.8. The lowest BCUT2D eigenvalue weighted by Crippen LogP contribution is -2.16. The van der Waals surface area contributed by atoms with Crippen molar-refractivity contribution in [1.29, 1.82) is 0 Å². The fraction of sp³-hybridized carbons (Fsp3) is 0.515. The molecule has 9 rings (SSSR count). The fourth-order valence-electron chi connectivity index (χ4n) is 10.2. The molecule has 2 aliphatic heterocycles. The largest absolute Gasteiger partial charge is 0.493 e. The first kappa shape index (κ1) is 57.2. The minimum Gasteiger partial charge on any atom is -0.493 e. The van der Waals surface area contributed by atoms with Gasteiger partial charge in [0.15, 0.2) is 17.5 Å². The minimum absolute atomic E-state index is 0.0337. The Hall–Kier alpha value is -6.49. The number of nitrogens with one attached hydrogen (secondary N) is 2. The first-order valence-corrected chi connectivity index (χ1v) is 29.6. The predicted molar refractivity (Wildman–Crippen MR) is 327 cm³/mol. The summed E-state index contributed by atoms with van der Waals surface area (Å²) < 4.78 is 26.0. The molecule has 2 N–H and O–H groups in total. The third kappa shape index (κ3) is 14.9. The van der Waals surface area contributed by atoms with E-state index in [0.717, 1.165) is 103 Å². The zero-order valence-corrected chi connectivity index (χ0v) is 50.0. The Bertz CT molecular complexity index is 3430. The first-order valence-electron chi connectivity index (χ1n) is 29.6. The van der Waals surface area contributed by atoms with Crippen molar-refractivity contribution in [3.8, 4) is 68.4 Å². The SMILES string of the molecule is CCCCCCCCCCCCCCCc1c2nc(nc3[nH]c(nc4nc(nc5[nH]c1c1ccc(OCC(C)(C)C)cc51)-c1ccc(OCC(C)(C)C)cc1-4)c1ccc(OCC(C)(C)C)cc31)-c1ccc(OCC(C)(C)C)cc1-2. The van der Waals surface area contributed by atoms with E-state index >= 15 is 0 Å². The van der Waals surface area contributed by atoms with Gasteiger partial charge in [-0.15, -0.1) is 0 Å². The van der Waals surface area contributed by atoms with Crippen LogP contribution in [-0.2, 0) is 6.42 Å². The van der Waals surface area contributed by atoms with E-state index in [1.165, 1.54) is 70.6 Å². The number of hydrogen-bond acceptors (Lipinski definition) is 9. The Morgan fingerprint density at radius 2 is 0.734 bits per heavy atom. The second-order valence-electron chi connectivity index (χ2n) is 27.2. The Kier molecular flexibility index (Phi) is 17.4. The average Bonchev–Trinajstić information content (AvgIpc) is 3.91. The highest BCUT2D eigenvalue weighted by molar-refractivity contribution is 6.09. The van der Waals surface area contributed by atoms with Crippen molar-refractivity contribution in [1.82, 2.24) is 34.9 Å². The van der Waals surface area contributed by atoms with Crippen LogP contribution in [0.3, 0.4) is 0 Å². The molecule has 79 heavy (non-hydrogen) atoms. The van der Waals surface area contributed by atoms with Crippen LogP contribution >= 0.6 is 0 Å².